The number of ether oxygens (including phenoxy) is 1. The molecule has 1 atom stereocenters. The minimum Gasteiger partial charge on any atom is -0.494 e. The van der Waals surface area contributed by atoms with Gasteiger partial charge in [0.2, 0.25) is 0 Å². The van der Waals surface area contributed by atoms with Gasteiger partial charge >= 0.3 is 0 Å². The molecule has 0 aliphatic rings. The number of benzene rings is 1. The van der Waals surface area contributed by atoms with E-state index in [9.17, 15) is 9.50 Å². The molecule has 2 aromatic rings. The van der Waals surface area contributed by atoms with E-state index < -0.39 is 11.9 Å². The zero-order valence-corrected chi connectivity index (χ0v) is 11.1. The third-order valence-corrected chi connectivity index (χ3v) is 4.07. The summed E-state index contributed by atoms with van der Waals surface area (Å²) in [4.78, 5) is 2.08. The van der Waals surface area contributed by atoms with Crippen LogP contribution in [0.3, 0.4) is 0 Å². The first kappa shape index (κ1) is 13.1. The van der Waals surface area contributed by atoms with E-state index in [2.05, 4.69) is 6.92 Å². The normalized spacial score (nSPS) is 12.4. The predicted octanol–water partition coefficient (Wildman–Crippen LogP) is 3.54. The summed E-state index contributed by atoms with van der Waals surface area (Å²) in [5.74, 6) is -0.271. The van der Waals surface area contributed by atoms with E-state index in [1.807, 2.05) is 12.1 Å². The number of hydrogen-bond acceptors (Lipinski definition) is 3. The Morgan fingerprint density at radius 1 is 1.33 bits per heavy atom. The van der Waals surface area contributed by atoms with Crippen molar-refractivity contribution in [3.63, 3.8) is 0 Å². The van der Waals surface area contributed by atoms with Crippen molar-refractivity contribution in [2.75, 3.05) is 7.11 Å². The van der Waals surface area contributed by atoms with E-state index >= 15 is 0 Å². The largest absolute Gasteiger partial charge is 0.494 e. The average molecular weight is 266 g/mol. The van der Waals surface area contributed by atoms with Crippen LogP contribution in [0.1, 0.15) is 28.3 Å². The van der Waals surface area contributed by atoms with Crippen molar-refractivity contribution >= 4 is 11.3 Å². The van der Waals surface area contributed by atoms with Gasteiger partial charge in [0.1, 0.15) is 6.10 Å². The Labute approximate surface area is 110 Å². The topological polar surface area (TPSA) is 29.5 Å². The number of aryl methyl sites for hydroxylation is 1. The Morgan fingerprint density at radius 3 is 2.72 bits per heavy atom. The Bertz CT molecular complexity index is 536. The van der Waals surface area contributed by atoms with Crippen LogP contribution in [-0.2, 0) is 6.42 Å². The fourth-order valence-corrected chi connectivity index (χ4v) is 2.71. The highest BCUT2D eigenvalue weighted by molar-refractivity contribution is 7.12. The second kappa shape index (κ2) is 5.50. The molecule has 0 radical (unpaired) electrons. The zero-order valence-electron chi connectivity index (χ0n) is 10.3. The molecule has 2 rings (SSSR count). The first-order chi connectivity index (χ1) is 8.65. The molecule has 1 aromatic carbocycles. The Kier molecular flexibility index (Phi) is 3.99. The third-order valence-electron chi connectivity index (χ3n) is 2.79. The first-order valence-electron chi connectivity index (χ1n) is 5.75. The summed E-state index contributed by atoms with van der Waals surface area (Å²) in [6.07, 6.45) is 0.217. The lowest BCUT2D eigenvalue weighted by Crippen LogP contribution is -1.98. The van der Waals surface area contributed by atoms with Crippen LogP contribution in [0.5, 0.6) is 5.75 Å². The zero-order chi connectivity index (χ0) is 13.1. The highest BCUT2D eigenvalue weighted by Crippen LogP contribution is 2.31. The second-order valence-corrected chi connectivity index (χ2v) is 5.15. The van der Waals surface area contributed by atoms with Crippen LogP contribution in [0.25, 0.3) is 0 Å². The molecule has 0 saturated carbocycles. The quantitative estimate of drug-likeness (QED) is 0.917. The summed E-state index contributed by atoms with van der Waals surface area (Å²) in [5, 5.41) is 10.2. The number of hydrogen-bond donors (Lipinski definition) is 1. The van der Waals surface area contributed by atoms with Gasteiger partial charge in [-0.15, -0.1) is 11.3 Å². The second-order valence-electron chi connectivity index (χ2n) is 3.95. The Hall–Kier alpha value is -1.39. The van der Waals surface area contributed by atoms with Crippen LogP contribution >= 0.6 is 11.3 Å². The first-order valence-corrected chi connectivity index (χ1v) is 6.57. The molecule has 0 spiro atoms. The fraction of sp³-hybridized carbons (Fsp3) is 0.286. The summed E-state index contributed by atoms with van der Waals surface area (Å²) in [6.45, 7) is 2.07. The van der Waals surface area contributed by atoms with Crippen molar-refractivity contribution in [3.8, 4) is 5.75 Å². The molecule has 4 heteroatoms. The van der Waals surface area contributed by atoms with Crippen LogP contribution in [0.15, 0.2) is 30.3 Å². The van der Waals surface area contributed by atoms with Gasteiger partial charge in [0.15, 0.2) is 11.6 Å². The van der Waals surface area contributed by atoms with Crippen LogP contribution in [0, 0.1) is 5.82 Å². The van der Waals surface area contributed by atoms with E-state index in [4.69, 9.17) is 4.74 Å². The SMILES string of the molecule is CCc1ccc(C(O)c2ccc(F)c(OC)c2)s1. The van der Waals surface area contributed by atoms with Crippen molar-refractivity contribution in [2.45, 2.75) is 19.4 Å². The van der Waals surface area contributed by atoms with Gasteiger partial charge in [0.25, 0.3) is 0 Å². The summed E-state index contributed by atoms with van der Waals surface area (Å²) in [6, 6.07) is 8.33. The van der Waals surface area contributed by atoms with Crippen LogP contribution < -0.4 is 4.74 Å². The molecule has 18 heavy (non-hydrogen) atoms. The van der Waals surface area contributed by atoms with Crippen LogP contribution in [-0.4, -0.2) is 12.2 Å². The minimum absolute atomic E-state index is 0.152. The molecule has 0 bridgehead atoms. The highest BCUT2D eigenvalue weighted by Gasteiger charge is 2.15. The average Bonchev–Trinajstić information content (AvgIpc) is 2.87. The van der Waals surface area contributed by atoms with E-state index in [1.165, 1.54) is 24.1 Å². The van der Waals surface area contributed by atoms with Crippen LogP contribution in [0.4, 0.5) is 4.39 Å². The lowest BCUT2D eigenvalue weighted by molar-refractivity contribution is 0.223. The molecule has 0 saturated heterocycles. The van der Waals surface area contributed by atoms with E-state index in [0.29, 0.717) is 5.56 Å². The molecule has 1 aromatic heterocycles. The molecular weight excluding hydrogens is 251 g/mol. The molecule has 1 unspecified atom stereocenters. The fourth-order valence-electron chi connectivity index (χ4n) is 1.74. The molecule has 0 aliphatic carbocycles. The highest BCUT2D eigenvalue weighted by atomic mass is 32.1. The maximum atomic E-state index is 13.3. The molecule has 0 amide bonds. The lowest BCUT2D eigenvalue weighted by Gasteiger charge is -2.11. The van der Waals surface area contributed by atoms with Crippen LogP contribution in [0.2, 0.25) is 0 Å². The van der Waals surface area contributed by atoms with Crippen molar-refractivity contribution in [3.05, 3.63) is 51.5 Å². The molecule has 96 valence electrons. The van der Waals surface area contributed by atoms with Crippen molar-refractivity contribution in [1.29, 1.82) is 0 Å². The Balaban J connectivity index is 2.30. The molecular formula is C14H15FO2S. The standard InChI is InChI=1S/C14H15FO2S/c1-3-10-5-7-13(18-10)14(16)9-4-6-11(15)12(8-9)17-2/h4-8,14,16H,3H2,1-2H3. The van der Waals surface area contributed by atoms with E-state index in [0.717, 1.165) is 11.3 Å². The number of thiophene rings is 1. The van der Waals surface area contributed by atoms with Gasteiger partial charge in [0, 0.05) is 9.75 Å². The summed E-state index contributed by atoms with van der Waals surface area (Å²) < 4.78 is 18.2. The van der Waals surface area contributed by atoms with Crippen molar-refractivity contribution in [2.24, 2.45) is 0 Å². The van der Waals surface area contributed by atoms with Gasteiger partial charge in [-0.1, -0.05) is 13.0 Å². The maximum Gasteiger partial charge on any atom is 0.165 e. The van der Waals surface area contributed by atoms with Gasteiger partial charge in [-0.3, -0.25) is 0 Å². The van der Waals surface area contributed by atoms with Crippen molar-refractivity contribution < 1.29 is 14.2 Å². The number of aliphatic hydroxyl groups is 1. The molecule has 1 N–H and O–H groups in total. The Morgan fingerprint density at radius 2 is 2.11 bits per heavy atom. The monoisotopic (exact) mass is 266 g/mol. The number of halogens is 1. The summed E-state index contributed by atoms with van der Waals surface area (Å²) in [5.41, 5.74) is 0.637. The predicted molar refractivity (Wildman–Crippen MR) is 70.7 cm³/mol. The minimum atomic E-state index is -0.732. The van der Waals surface area contributed by atoms with E-state index in [1.54, 1.807) is 17.4 Å². The van der Waals surface area contributed by atoms with Gasteiger partial charge in [0.05, 0.1) is 7.11 Å². The maximum absolute atomic E-state index is 13.3. The van der Waals surface area contributed by atoms with Gasteiger partial charge in [-0.05, 0) is 36.2 Å². The molecule has 0 aliphatic heterocycles. The third kappa shape index (κ3) is 2.54. The summed E-state index contributed by atoms with van der Waals surface area (Å²) >= 11 is 1.57. The van der Waals surface area contributed by atoms with Gasteiger partial charge in [-0.25, -0.2) is 4.39 Å². The van der Waals surface area contributed by atoms with E-state index in [-0.39, 0.29) is 5.75 Å². The van der Waals surface area contributed by atoms with Gasteiger partial charge in [-0.2, -0.15) is 0 Å². The molecule has 1 heterocycles. The van der Waals surface area contributed by atoms with Gasteiger partial charge < -0.3 is 9.84 Å². The van der Waals surface area contributed by atoms with Crippen molar-refractivity contribution in [1.82, 2.24) is 0 Å². The number of rotatable bonds is 4. The summed E-state index contributed by atoms with van der Waals surface area (Å²) in [7, 11) is 1.41. The number of aliphatic hydroxyl groups excluding tert-OH is 1. The lowest BCUT2D eigenvalue weighted by atomic mass is 10.1. The number of methoxy groups -OCH3 is 1. The molecule has 0 fully saturated rings. The smallest absolute Gasteiger partial charge is 0.165 e. The molecule has 2 nitrogen and oxygen atoms in total.